The first-order valence-electron chi connectivity index (χ1n) is 7.16. The molecule has 0 saturated heterocycles. The fourth-order valence-corrected chi connectivity index (χ4v) is 3.18. The third kappa shape index (κ3) is 3.70. The number of carboxylic acid groups (broad SMARTS) is 1. The summed E-state index contributed by atoms with van der Waals surface area (Å²) in [5.74, 6) is -0.455. The highest BCUT2D eigenvalue weighted by Gasteiger charge is 2.32. The average molecular weight is 297 g/mol. The Labute approximate surface area is 124 Å². The lowest BCUT2D eigenvalue weighted by Crippen LogP contribution is -2.32. The normalized spacial score (nSPS) is 14.8. The number of thiazole rings is 1. The van der Waals surface area contributed by atoms with E-state index < -0.39 is 5.97 Å². The zero-order valence-electron chi connectivity index (χ0n) is 12.4. The zero-order valence-corrected chi connectivity index (χ0v) is 13.2. The molecule has 0 unspecified atom stereocenters. The predicted octanol–water partition coefficient (Wildman–Crippen LogP) is 2.50. The van der Waals surface area contributed by atoms with Crippen LogP contribution in [0.15, 0.2) is 0 Å². The first-order valence-corrected chi connectivity index (χ1v) is 7.98. The molecule has 1 aromatic heterocycles. The van der Waals surface area contributed by atoms with E-state index in [0.717, 1.165) is 49.7 Å². The Morgan fingerprint density at radius 1 is 1.35 bits per heavy atom. The summed E-state index contributed by atoms with van der Waals surface area (Å²) in [6, 6.07) is 0. The topological polar surface area (TPSA) is 56.7 Å². The van der Waals surface area contributed by atoms with Crippen molar-refractivity contribution >= 4 is 22.4 Å². The molecule has 1 N–H and O–H groups in total. The van der Waals surface area contributed by atoms with Gasteiger partial charge in [-0.2, -0.15) is 0 Å². The maximum atomic E-state index is 11.4. The lowest BCUT2D eigenvalue weighted by molar-refractivity contribution is 0.0700. The highest BCUT2D eigenvalue weighted by atomic mass is 32.1. The Morgan fingerprint density at radius 3 is 2.55 bits per heavy atom. The van der Waals surface area contributed by atoms with E-state index in [1.54, 1.807) is 0 Å². The number of aromatic nitrogens is 1. The van der Waals surface area contributed by atoms with Gasteiger partial charge in [0.1, 0.15) is 4.88 Å². The van der Waals surface area contributed by atoms with Gasteiger partial charge >= 0.3 is 5.97 Å². The van der Waals surface area contributed by atoms with Gasteiger partial charge in [0.05, 0.1) is 5.69 Å². The van der Waals surface area contributed by atoms with Gasteiger partial charge in [-0.05, 0) is 33.4 Å². The van der Waals surface area contributed by atoms with Crippen molar-refractivity contribution in [1.29, 1.82) is 0 Å². The molecule has 0 radical (unpaired) electrons. The molecule has 1 aromatic rings. The SMILES string of the molecule is CCCN(CCN(C)C)c1nc(C2CC2)c(C(=O)O)s1. The Kier molecular flexibility index (Phi) is 4.99. The molecule has 1 heterocycles. The number of carbonyl (C=O) groups is 1. The maximum Gasteiger partial charge on any atom is 0.347 e. The predicted molar refractivity (Wildman–Crippen MR) is 82.1 cm³/mol. The molecule has 1 saturated carbocycles. The van der Waals surface area contributed by atoms with Gasteiger partial charge in [0.2, 0.25) is 0 Å². The van der Waals surface area contributed by atoms with E-state index in [2.05, 4.69) is 21.7 Å². The second-order valence-corrected chi connectivity index (χ2v) is 6.56. The number of aromatic carboxylic acids is 1. The summed E-state index contributed by atoms with van der Waals surface area (Å²) in [6.07, 6.45) is 3.19. The first kappa shape index (κ1) is 15.3. The fourth-order valence-electron chi connectivity index (χ4n) is 2.14. The van der Waals surface area contributed by atoms with Gasteiger partial charge < -0.3 is 14.9 Å². The summed E-state index contributed by atoms with van der Waals surface area (Å²) < 4.78 is 0. The van der Waals surface area contributed by atoms with Gasteiger partial charge in [0, 0.05) is 25.6 Å². The highest BCUT2D eigenvalue weighted by molar-refractivity contribution is 7.17. The molecule has 1 aliphatic carbocycles. The van der Waals surface area contributed by atoms with Crippen LogP contribution in [-0.4, -0.2) is 54.7 Å². The van der Waals surface area contributed by atoms with Crippen LogP contribution in [0.3, 0.4) is 0 Å². The molecule has 5 nitrogen and oxygen atoms in total. The van der Waals surface area contributed by atoms with Crippen molar-refractivity contribution in [3.05, 3.63) is 10.6 Å². The molecule has 0 atom stereocenters. The molecule has 0 bridgehead atoms. The fraction of sp³-hybridized carbons (Fsp3) is 0.714. The molecular formula is C14H23N3O2S. The van der Waals surface area contributed by atoms with Crippen molar-refractivity contribution in [3.63, 3.8) is 0 Å². The van der Waals surface area contributed by atoms with Crippen LogP contribution < -0.4 is 4.90 Å². The molecule has 20 heavy (non-hydrogen) atoms. The third-order valence-electron chi connectivity index (χ3n) is 3.38. The van der Waals surface area contributed by atoms with Crippen molar-refractivity contribution in [3.8, 4) is 0 Å². The minimum absolute atomic E-state index is 0.378. The number of anilines is 1. The minimum Gasteiger partial charge on any atom is -0.477 e. The number of hydrogen-bond donors (Lipinski definition) is 1. The lowest BCUT2D eigenvalue weighted by atomic mass is 10.2. The van der Waals surface area contributed by atoms with Crippen molar-refractivity contribution in [2.75, 3.05) is 38.6 Å². The molecular weight excluding hydrogens is 274 g/mol. The van der Waals surface area contributed by atoms with Crippen LogP contribution in [-0.2, 0) is 0 Å². The van der Waals surface area contributed by atoms with E-state index in [9.17, 15) is 9.90 Å². The van der Waals surface area contributed by atoms with Gasteiger partial charge in [-0.3, -0.25) is 0 Å². The second-order valence-electron chi connectivity index (χ2n) is 5.58. The van der Waals surface area contributed by atoms with E-state index in [1.807, 2.05) is 14.1 Å². The smallest absolute Gasteiger partial charge is 0.347 e. The molecule has 2 rings (SSSR count). The summed E-state index contributed by atoms with van der Waals surface area (Å²) in [6.45, 7) is 4.89. The van der Waals surface area contributed by atoms with Crippen molar-refractivity contribution in [1.82, 2.24) is 9.88 Å². The highest BCUT2D eigenvalue weighted by Crippen LogP contribution is 2.44. The molecule has 6 heteroatoms. The summed E-state index contributed by atoms with van der Waals surface area (Å²) in [5.41, 5.74) is 0.809. The third-order valence-corrected chi connectivity index (χ3v) is 4.50. The number of likely N-dealkylation sites (N-methyl/N-ethyl adjacent to an activating group) is 1. The first-order chi connectivity index (χ1) is 9.52. The van der Waals surface area contributed by atoms with Crippen molar-refractivity contribution < 1.29 is 9.90 Å². The van der Waals surface area contributed by atoms with Gasteiger partial charge in [0.25, 0.3) is 0 Å². The zero-order chi connectivity index (χ0) is 14.7. The van der Waals surface area contributed by atoms with E-state index in [1.165, 1.54) is 11.3 Å². The van der Waals surface area contributed by atoms with E-state index in [-0.39, 0.29) is 0 Å². The molecule has 0 spiro atoms. The number of rotatable bonds is 8. The minimum atomic E-state index is -0.834. The van der Waals surface area contributed by atoms with Crippen LogP contribution in [0, 0.1) is 0 Å². The molecule has 0 amide bonds. The molecule has 112 valence electrons. The monoisotopic (exact) mass is 297 g/mol. The summed E-state index contributed by atoms with van der Waals surface area (Å²) in [4.78, 5) is 20.8. The van der Waals surface area contributed by atoms with Crippen LogP contribution >= 0.6 is 11.3 Å². The van der Waals surface area contributed by atoms with Crippen LogP contribution in [0.25, 0.3) is 0 Å². The number of carboxylic acids is 1. The Bertz CT molecular complexity index is 469. The molecule has 1 fully saturated rings. The molecule has 0 aliphatic heterocycles. The Balaban J connectivity index is 2.19. The van der Waals surface area contributed by atoms with Gasteiger partial charge in [0.15, 0.2) is 5.13 Å². The lowest BCUT2D eigenvalue weighted by Gasteiger charge is -2.23. The van der Waals surface area contributed by atoms with E-state index in [4.69, 9.17) is 0 Å². The van der Waals surface area contributed by atoms with Crippen LogP contribution in [0.1, 0.15) is 47.5 Å². The average Bonchev–Trinajstić information content (AvgIpc) is 3.13. The van der Waals surface area contributed by atoms with Gasteiger partial charge in [-0.25, -0.2) is 9.78 Å². The van der Waals surface area contributed by atoms with E-state index in [0.29, 0.717) is 10.8 Å². The Hall–Kier alpha value is -1.14. The molecule has 0 aromatic carbocycles. The van der Waals surface area contributed by atoms with Gasteiger partial charge in [-0.1, -0.05) is 18.3 Å². The van der Waals surface area contributed by atoms with Gasteiger partial charge in [-0.15, -0.1) is 0 Å². The quantitative estimate of drug-likeness (QED) is 0.799. The van der Waals surface area contributed by atoms with Crippen LogP contribution in [0.4, 0.5) is 5.13 Å². The second kappa shape index (κ2) is 6.54. The summed E-state index contributed by atoms with van der Waals surface area (Å²) in [7, 11) is 4.09. The number of hydrogen-bond acceptors (Lipinski definition) is 5. The van der Waals surface area contributed by atoms with Crippen molar-refractivity contribution in [2.24, 2.45) is 0 Å². The van der Waals surface area contributed by atoms with Crippen LogP contribution in [0.2, 0.25) is 0 Å². The summed E-state index contributed by atoms with van der Waals surface area (Å²) >= 11 is 1.33. The number of nitrogens with zero attached hydrogens (tertiary/aromatic N) is 3. The van der Waals surface area contributed by atoms with E-state index >= 15 is 0 Å². The standard InChI is InChI=1S/C14H23N3O2S/c1-4-7-17(9-8-16(2)3)14-15-11(10-5-6-10)12(20-14)13(18)19/h10H,4-9H2,1-3H3,(H,18,19). The largest absolute Gasteiger partial charge is 0.477 e. The van der Waals surface area contributed by atoms with Crippen LogP contribution in [0.5, 0.6) is 0 Å². The summed E-state index contributed by atoms with van der Waals surface area (Å²) in [5, 5.41) is 10.2. The molecule has 1 aliphatic rings. The maximum absolute atomic E-state index is 11.4. The Morgan fingerprint density at radius 2 is 2.05 bits per heavy atom. The van der Waals surface area contributed by atoms with Crippen molar-refractivity contribution in [2.45, 2.75) is 32.1 Å².